The van der Waals surface area contributed by atoms with Gasteiger partial charge in [-0.25, -0.2) is 0 Å². The third-order valence-corrected chi connectivity index (χ3v) is 6.04. The van der Waals surface area contributed by atoms with Gasteiger partial charge in [-0.05, 0) is 62.5 Å². The lowest BCUT2D eigenvalue weighted by Crippen LogP contribution is -2.35. The first kappa shape index (κ1) is 23.6. The molecule has 7 heteroatoms. The van der Waals surface area contributed by atoms with Gasteiger partial charge >= 0.3 is 0 Å². The van der Waals surface area contributed by atoms with Crippen molar-refractivity contribution in [2.45, 2.75) is 25.5 Å². The smallest absolute Gasteiger partial charge is 0.295 e. The molecular weight excluding hydrogens is 432 g/mol. The molecule has 2 aliphatic rings. The van der Waals surface area contributed by atoms with E-state index in [0.717, 1.165) is 17.7 Å². The molecule has 2 aromatic rings. The van der Waals surface area contributed by atoms with Gasteiger partial charge in [0.25, 0.3) is 11.7 Å². The molecule has 34 heavy (non-hydrogen) atoms. The Bertz CT molecular complexity index is 1150. The zero-order valence-corrected chi connectivity index (χ0v) is 19.8. The van der Waals surface area contributed by atoms with E-state index < -0.39 is 17.7 Å². The van der Waals surface area contributed by atoms with Gasteiger partial charge in [-0.15, -0.1) is 0 Å². The summed E-state index contributed by atoms with van der Waals surface area (Å²) in [5, 5.41) is 11.3. The third kappa shape index (κ3) is 4.56. The molecule has 2 aromatic carbocycles. The van der Waals surface area contributed by atoms with Crippen molar-refractivity contribution in [3.05, 3.63) is 77.4 Å². The summed E-state index contributed by atoms with van der Waals surface area (Å²) in [7, 11) is 3.81. The lowest BCUT2D eigenvalue weighted by atomic mass is 9.94. The molecule has 4 rings (SSSR count). The molecule has 1 amide bonds. The highest BCUT2D eigenvalue weighted by molar-refractivity contribution is 6.46. The number of carbonyl (C=O) groups excluding carboxylic acids is 2. The quantitative estimate of drug-likeness (QED) is 0.280. The number of nitrogens with zero attached hydrogens (tertiary/aromatic N) is 2. The molecule has 2 heterocycles. The van der Waals surface area contributed by atoms with E-state index in [-0.39, 0.29) is 17.4 Å². The van der Waals surface area contributed by atoms with Crippen molar-refractivity contribution in [1.29, 1.82) is 0 Å². The number of hydrogen-bond donors (Lipinski definition) is 1. The van der Waals surface area contributed by atoms with Gasteiger partial charge in [-0.3, -0.25) is 9.59 Å². The highest BCUT2D eigenvalue weighted by Crippen LogP contribution is 2.41. The van der Waals surface area contributed by atoms with E-state index in [9.17, 15) is 14.7 Å². The minimum atomic E-state index is -0.726. The van der Waals surface area contributed by atoms with Gasteiger partial charge in [-0.1, -0.05) is 24.8 Å². The van der Waals surface area contributed by atoms with Gasteiger partial charge in [0.2, 0.25) is 0 Å². The molecule has 0 bridgehead atoms. The lowest BCUT2D eigenvalue weighted by molar-refractivity contribution is -0.140. The number of ether oxygens (including phenoxy) is 2. The Morgan fingerprint density at radius 3 is 2.79 bits per heavy atom. The second kappa shape index (κ2) is 9.73. The van der Waals surface area contributed by atoms with Crippen LogP contribution in [0.5, 0.6) is 11.5 Å². The van der Waals surface area contributed by atoms with Crippen molar-refractivity contribution in [3.63, 3.8) is 0 Å². The Kier molecular flexibility index (Phi) is 6.75. The fourth-order valence-corrected chi connectivity index (χ4v) is 4.42. The van der Waals surface area contributed by atoms with Gasteiger partial charge in [-0.2, -0.15) is 0 Å². The van der Waals surface area contributed by atoms with Crippen LogP contribution in [0.4, 0.5) is 0 Å². The lowest BCUT2D eigenvalue weighted by Gasteiger charge is -2.27. The molecule has 178 valence electrons. The van der Waals surface area contributed by atoms with Gasteiger partial charge in [0, 0.05) is 25.1 Å². The predicted octanol–water partition coefficient (Wildman–Crippen LogP) is 3.56. The molecule has 7 nitrogen and oxygen atoms in total. The van der Waals surface area contributed by atoms with Crippen LogP contribution in [-0.4, -0.2) is 66.5 Å². The van der Waals surface area contributed by atoms with E-state index in [0.29, 0.717) is 36.6 Å². The van der Waals surface area contributed by atoms with Crippen LogP contribution >= 0.6 is 0 Å². The van der Waals surface area contributed by atoms with Crippen molar-refractivity contribution in [3.8, 4) is 11.5 Å². The summed E-state index contributed by atoms with van der Waals surface area (Å²) in [5.74, 6) is -0.124. The van der Waals surface area contributed by atoms with Crippen LogP contribution in [-0.2, 0) is 16.0 Å². The molecule has 0 aliphatic carbocycles. The van der Waals surface area contributed by atoms with Crippen LogP contribution in [0.1, 0.15) is 29.7 Å². The number of Topliss-reactive ketones (excluding diaryl/α,β-unsaturated/α-hetero) is 1. The molecule has 2 aliphatic heterocycles. The molecular formula is C27H30N2O5. The summed E-state index contributed by atoms with van der Waals surface area (Å²) in [5.41, 5.74) is 2.23. The molecule has 1 fully saturated rings. The van der Waals surface area contributed by atoms with Gasteiger partial charge in [0.1, 0.15) is 30.0 Å². The maximum atomic E-state index is 13.2. The first-order chi connectivity index (χ1) is 16.3. The SMILES string of the molecule is C=CCOc1cccc([C@@H]2/C(=C(\O)c3ccc4c(c3)C[C@@H](C)O4)C(=O)C(=O)N2CCN(C)C)c1. The second-order valence-corrected chi connectivity index (χ2v) is 8.92. The van der Waals surface area contributed by atoms with Crippen LogP contribution in [0.25, 0.3) is 5.76 Å². The molecule has 2 atom stereocenters. The average molecular weight is 463 g/mol. The maximum absolute atomic E-state index is 13.2. The fraction of sp³-hybridized carbons (Fsp3) is 0.333. The number of fused-ring (bicyclic) bond motifs is 1. The number of aliphatic hydroxyl groups is 1. The minimum Gasteiger partial charge on any atom is -0.507 e. The standard InChI is InChI=1S/C27H30N2O5/c1-5-13-33-21-8-6-7-18(16-21)24-23(26(31)27(32)29(24)12-11-28(3)4)25(30)19-9-10-22-20(15-19)14-17(2)34-22/h5-10,15-17,24,30H,1,11-14H2,2-4H3/b25-23+/t17-,24-/m1/s1. The number of rotatable bonds is 8. The Labute approximate surface area is 199 Å². The van der Waals surface area contributed by atoms with Crippen LogP contribution < -0.4 is 9.47 Å². The maximum Gasteiger partial charge on any atom is 0.295 e. The Balaban J connectivity index is 1.80. The first-order valence-electron chi connectivity index (χ1n) is 11.4. The van der Waals surface area contributed by atoms with E-state index in [2.05, 4.69) is 6.58 Å². The first-order valence-corrected chi connectivity index (χ1v) is 11.4. The Morgan fingerprint density at radius 2 is 2.06 bits per heavy atom. The summed E-state index contributed by atoms with van der Waals surface area (Å²) in [4.78, 5) is 29.8. The molecule has 0 spiro atoms. The summed E-state index contributed by atoms with van der Waals surface area (Å²) in [6, 6.07) is 11.9. The monoisotopic (exact) mass is 462 g/mol. The summed E-state index contributed by atoms with van der Waals surface area (Å²) < 4.78 is 11.4. The van der Waals surface area contributed by atoms with E-state index in [1.54, 1.807) is 30.3 Å². The molecule has 0 radical (unpaired) electrons. The Hall–Kier alpha value is -3.58. The molecule has 1 N–H and O–H groups in total. The van der Waals surface area contributed by atoms with Crippen molar-refractivity contribution < 1.29 is 24.2 Å². The minimum absolute atomic E-state index is 0.0577. The Morgan fingerprint density at radius 1 is 1.26 bits per heavy atom. The van der Waals surface area contributed by atoms with Crippen molar-refractivity contribution in [1.82, 2.24) is 9.80 Å². The molecule has 0 saturated carbocycles. The van der Waals surface area contributed by atoms with E-state index in [1.807, 2.05) is 44.1 Å². The number of amides is 1. The molecule has 0 aromatic heterocycles. The normalized spacial score (nSPS) is 21.0. The number of carbonyl (C=O) groups is 2. The van der Waals surface area contributed by atoms with Gasteiger partial charge in [0.15, 0.2) is 0 Å². The number of hydrogen-bond acceptors (Lipinski definition) is 6. The average Bonchev–Trinajstić information content (AvgIpc) is 3.31. The van der Waals surface area contributed by atoms with Crippen molar-refractivity contribution in [2.24, 2.45) is 0 Å². The van der Waals surface area contributed by atoms with Crippen LogP contribution in [0, 0.1) is 0 Å². The van der Waals surface area contributed by atoms with Crippen LogP contribution in [0.2, 0.25) is 0 Å². The van der Waals surface area contributed by atoms with Crippen LogP contribution in [0.3, 0.4) is 0 Å². The summed E-state index contributed by atoms with van der Waals surface area (Å²) in [6.07, 6.45) is 2.43. The van der Waals surface area contributed by atoms with E-state index in [1.165, 1.54) is 4.90 Å². The van der Waals surface area contributed by atoms with Crippen molar-refractivity contribution >= 4 is 17.4 Å². The number of likely N-dealkylation sites (N-methyl/N-ethyl adjacent to an activating group) is 1. The van der Waals surface area contributed by atoms with Gasteiger partial charge < -0.3 is 24.4 Å². The fourth-order valence-electron chi connectivity index (χ4n) is 4.42. The molecule has 0 unspecified atom stereocenters. The topological polar surface area (TPSA) is 79.3 Å². The number of benzene rings is 2. The highest BCUT2D eigenvalue weighted by atomic mass is 16.5. The predicted molar refractivity (Wildman–Crippen MR) is 130 cm³/mol. The largest absolute Gasteiger partial charge is 0.507 e. The zero-order chi connectivity index (χ0) is 24.4. The highest BCUT2D eigenvalue weighted by Gasteiger charge is 2.46. The van der Waals surface area contributed by atoms with Gasteiger partial charge in [0.05, 0.1) is 11.6 Å². The van der Waals surface area contributed by atoms with E-state index in [4.69, 9.17) is 9.47 Å². The second-order valence-electron chi connectivity index (χ2n) is 8.92. The number of likely N-dealkylation sites (tertiary alicyclic amines) is 1. The van der Waals surface area contributed by atoms with E-state index >= 15 is 0 Å². The number of aliphatic hydroxyl groups excluding tert-OH is 1. The van der Waals surface area contributed by atoms with Crippen LogP contribution in [0.15, 0.2) is 60.7 Å². The van der Waals surface area contributed by atoms with Crippen molar-refractivity contribution in [2.75, 3.05) is 33.8 Å². The zero-order valence-electron chi connectivity index (χ0n) is 19.8. The molecule has 1 saturated heterocycles. The summed E-state index contributed by atoms with van der Waals surface area (Å²) >= 11 is 0. The number of ketones is 1. The summed E-state index contributed by atoms with van der Waals surface area (Å²) in [6.45, 7) is 6.90. The third-order valence-electron chi connectivity index (χ3n) is 6.04.